The second-order valence-electron chi connectivity index (χ2n) is 7.34. The lowest BCUT2D eigenvalue weighted by atomic mass is 9.64. The number of nitrogens with zero attached hydrogens (tertiary/aromatic N) is 2. The van der Waals surface area contributed by atoms with E-state index in [9.17, 15) is 14.9 Å². The molecule has 0 spiro atoms. The predicted octanol–water partition coefficient (Wildman–Crippen LogP) is 2.42. The van der Waals surface area contributed by atoms with Crippen LogP contribution in [0.25, 0.3) is 0 Å². The first-order valence-corrected chi connectivity index (χ1v) is 10.4. The van der Waals surface area contributed by atoms with Crippen LogP contribution in [0.15, 0.2) is 30.3 Å². The van der Waals surface area contributed by atoms with E-state index in [1.807, 2.05) is 35.2 Å². The number of para-hydroxylation sites is 1. The lowest BCUT2D eigenvalue weighted by molar-refractivity contribution is -0.162. The third-order valence-corrected chi connectivity index (χ3v) is 7.32. The third-order valence-electron chi connectivity index (χ3n) is 5.61. The highest BCUT2D eigenvalue weighted by molar-refractivity contribution is 8.01. The Kier molecular flexibility index (Phi) is 4.77. The largest absolute Gasteiger partial charge is 0.465 e. The second kappa shape index (κ2) is 7.08. The number of nitriles is 1. The van der Waals surface area contributed by atoms with Crippen molar-refractivity contribution in [3.05, 3.63) is 30.3 Å². The molecular formula is C20H23N3O3S. The van der Waals surface area contributed by atoms with Gasteiger partial charge in [0.15, 0.2) is 5.41 Å². The van der Waals surface area contributed by atoms with Gasteiger partial charge in [-0.15, -0.1) is 11.8 Å². The molecule has 2 saturated carbocycles. The summed E-state index contributed by atoms with van der Waals surface area (Å²) in [6, 6.07) is 12.2. The molecule has 1 aromatic rings. The maximum absolute atomic E-state index is 13.1. The molecule has 4 unspecified atom stereocenters. The van der Waals surface area contributed by atoms with Crippen molar-refractivity contribution in [2.75, 3.05) is 18.5 Å². The Bertz CT molecular complexity index is 776. The van der Waals surface area contributed by atoms with Gasteiger partial charge < -0.3 is 15.0 Å². The van der Waals surface area contributed by atoms with E-state index in [1.54, 1.807) is 6.92 Å². The van der Waals surface area contributed by atoms with Gasteiger partial charge >= 0.3 is 5.97 Å². The van der Waals surface area contributed by atoms with Gasteiger partial charge in [-0.3, -0.25) is 9.59 Å². The highest BCUT2D eigenvalue weighted by Gasteiger charge is 2.67. The molecule has 3 aliphatic rings. The van der Waals surface area contributed by atoms with E-state index in [-0.39, 0.29) is 35.1 Å². The van der Waals surface area contributed by atoms with Crippen LogP contribution in [-0.4, -0.2) is 52.5 Å². The number of rotatable bonds is 6. The number of esters is 1. The summed E-state index contributed by atoms with van der Waals surface area (Å²) in [6.45, 7) is 2.48. The van der Waals surface area contributed by atoms with E-state index >= 15 is 0 Å². The maximum Gasteiger partial charge on any atom is 0.327 e. The molecule has 0 radical (unpaired) electrons. The zero-order valence-corrected chi connectivity index (χ0v) is 16.1. The van der Waals surface area contributed by atoms with Crippen LogP contribution in [0.5, 0.6) is 0 Å². The van der Waals surface area contributed by atoms with Crippen LogP contribution in [0.4, 0.5) is 5.69 Å². The molecule has 1 aromatic carbocycles. The molecular weight excluding hydrogens is 362 g/mol. The van der Waals surface area contributed by atoms with Gasteiger partial charge in [-0.05, 0) is 38.3 Å². The fourth-order valence-corrected chi connectivity index (χ4v) is 5.71. The molecule has 1 amide bonds. The number of fused-ring (bicyclic) bond motifs is 1. The number of thioether (sulfide) groups is 1. The second-order valence-corrected chi connectivity index (χ2v) is 8.69. The summed E-state index contributed by atoms with van der Waals surface area (Å²) in [4.78, 5) is 27.6. The molecule has 4 atom stereocenters. The Morgan fingerprint density at radius 1 is 1.41 bits per heavy atom. The van der Waals surface area contributed by atoms with Gasteiger partial charge in [0.2, 0.25) is 5.91 Å². The van der Waals surface area contributed by atoms with Crippen LogP contribution >= 0.6 is 11.8 Å². The van der Waals surface area contributed by atoms with Crippen LogP contribution in [0.1, 0.15) is 26.2 Å². The Morgan fingerprint density at radius 2 is 2.15 bits per heavy atom. The van der Waals surface area contributed by atoms with Crippen molar-refractivity contribution in [2.45, 2.75) is 48.8 Å². The number of anilines is 1. The minimum Gasteiger partial charge on any atom is -0.465 e. The smallest absolute Gasteiger partial charge is 0.327 e. The number of hydrogen-bond donors (Lipinski definition) is 1. The molecule has 1 N–H and O–H groups in total. The first-order valence-electron chi connectivity index (χ1n) is 9.45. The zero-order valence-electron chi connectivity index (χ0n) is 15.3. The highest BCUT2D eigenvalue weighted by atomic mass is 32.2. The molecule has 7 heteroatoms. The molecule has 1 heterocycles. The van der Waals surface area contributed by atoms with Crippen LogP contribution in [0.2, 0.25) is 0 Å². The van der Waals surface area contributed by atoms with Crippen molar-refractivity contribution in [1.82, 2.24) is 4.90 Å². The van der Waals surface area contributed by atoms with Gasteiger partial charge in [0.25, 0.3) is 0 Å². The fourth-order valence-electron chi connectivity index (χ4n) is 4.06. The van der Waals surface area contributed by atoms with Crippen molar-refractivity contribution in [3.63, 3.8) is 0 Å². The van der Waals surface area contributed by atoms with Gasteiger partial charge in [-0.25, -0.2) is 0 Å². The molecule has 27 heavy (non-hydrogen) atoms. The predicted molar refractivity (Wildman–Crippen MR) is 103 cm³/mol. The number of nitrogens with one attached hydrogen (secondary N) is 1. The minimum atomic E-state index is -1.13. The molecule has 1 aliphatic heterocycles. The number of carbonyl (C=O) groups excluding carboxylic acids is 2. The van der Waals surface area contributed by atoms with Gasteiger partial charge in [0, 0.05) is 24.3 Å². The minimum absolute atomic E-state index is 0.0352. The van der Waals surface area contributed by atoms with Crippen LogP contribution in [-0.2, 0) is 14.3 Å². The zero-order chi connectivity index (χ0) is 19.0. The number of hydrogen-bond acceptors (Lipinski definition) is 6. The van der Waals surface area contributed by atoms with Crippen molar-refractivity contribution in [3.8, 4) is 6.07 Å². The topological polar surface area (TPSA) is 82.4 Å². The standard InChI is InChI=1S/C20H23N3O3S/c1-2-26-19(25)20(12-21)10-15-17(20)27-16(18(24)23(15)14-8-9-14)11-22-13-6-4-3-5-7-13/h3-7,14-17,22H,2,8-11H2,1H3. The van der Waals surface area contributed by atoms with E-state index < -0.39 is 11.4 Å². The van der Waals surface area contributed by atoms with Gasteiger partial charge in [0.1, 0.15) is 5.25 Å². The summed E-state index contributed by atoms with van der Waals surface area (Å²) in [5.41, 5.74) is -0.180. The summed E-state index contributed by atoms with van der Waals surface area (Å²) in [6.07, 6.45) is 2.41. The van der Waals surface area contributed by atoms with Gasteiger partial charge in [0.05, 0.1) is 17.9 Å². The molecule has 2 aliphatic carbocycles. The van der Waals surface area contributed by atoms with Crippen LogP contribution < -0.4 is 5.32 Å². The lowest BCUT2D eigenvalue weighted by Crippen LogP contribution is -2.70. The Labute approximate surface area is 163 Å². The molecule has 4 rings (SSSR count). The quantitative estimate of drug-likeness (QED) is 0.758. The lowest BCUT2D eigenvalue weighted by Gasteiger charge is -2.57. The van der Waals surface area contributed by atoms with Gasteiger partial charge in [-0.2, -0.15) is 5.26 Å². The number of carbonyl (C=O) groups is 2. The van der Waals surface area contributed by atoms with Crippen LogP contribution in [0.3, 0.4) is 0 Å². The van der Waals surface area contributed by atoms with E-state index in [0.29, 0.717) is 13.0 Å². The molecule has 1 saturated heterocycles. The van der Waals surface area contributed by atoms with E-state index in [1.165, 1.54) is 11.8 Å². The fraction of sp³-hybridized carbons (Fsp3) is 0.550. The maximum atomic E-state index is 13.1. The van der Waals surface area contributed by atoms with E-state index in [0.717, 1.165) is 18.5 Å². The summed E-state index contributed by atoms with van der Waals surface area (Å²) in [7, 11) is 0. The first-order chi connectivity index (χ1) is 13.1. The highest BCUT2D eigenvalue weighted by Crippen LogP contribution is 2.57. The SMILES string of the molecule is CCOC(=O)C1(C#N)CC2C1SC(CNc1ccccc1)C(=O)N2C1CC1. The number of amides is 1. The summed E-state index contributed by atoms with van der Waals surface area (Å²) in [5.74, 6) is -0.316. The third kappa shape index (κ3) is 3.06. The molecule has 0 aromatic heterocycles. The number of benzene rings is 1. The summed E-state index contributed by atoms with van der Waals surface area (Å²) in [5, 5.41) is 12.6. The Balaban J connectivity index is 1.54. The summed E-state index contributed by atoms with van der Waals surface area (Å²) >= 11 is 1.47. The average Bonchev–Trinajstić information content (AvgIpc) is 3.49. The Hall–Kier alpha value is -2.20. The van der Waals surface area contributed by atoms with E-state index in [2.05, 4.69) is 11.4 Å². The van der Waals surface area contributed by atoms with Gasteiger partial charge in [-0.1, -0.05) is 18.2 Å². The van der Waals surface area contributed by atoms with Crippen molar-refractivity contribution in [2.24, 2.45) is 5.41 Å². The molecule has 3 fully saturated rings. The molecule has 142 valence electrons. The molecule has 0 bridgehead atoms. The first kappa shape index (κ1) is 18.2. The normalized spacial score (nSPS) is 32.1. The number of ether oxygens (including phenoxy) is 1. The van der Waals surface area contributed by atoms with Crippen LogP contribution in [0, 0.1) is 16.7 Å². The Morgan fingerprint density at radius 3 is 2.78 bits per heavy atom. The average molecular weight is 385 g/mol. The van der Waals surface area contributed by atoms with Crippen molar-refractivity contribution in [1.29, 1.82) is 5.26 Å². The van der Waals surface area contributed by atoms with Crippen molar-refractivity contribution >= 4 is 29.3 Å². The van der Waals surface area contributed by atoms with E-state index in [4.69, 9.17) is 4.74 Å². The molecule has 6 nitrogen and oxygen atoms in total. The van der Waals surface area contributed by atoms with Crippen molar-refractivity contribution < 1.29 is 14.3 Å². The summed E-state index contributed by atoms with van der Waals surface area (Å²) < 4.78 is 5.20. The monoisotopic (exact) mass is 385 g/mol.